The van der Waals surface area contributed by atoms with Crippen LogP contribution < -0.4 is 10.6 Å². The molecule has 0 saturated carbocycles. The van der Waals surface area contributed by atoms with Gasteiger partial charge in [0.05, 0.1) is 23.2 Å². The molecule has 0 aliphatic carbocycles. The number of nitrogens with two attached hydrogens (primary N) is 1. The van der Waals surface area contributed by atoms with Crippen molar-refractivity contribution in [3.63, 3.8) is 0 Å². The lowest BCUT2D eigenvalue weighted by Gasteiger charge is -2.42. The van der Waals surface area contributed by atoms with Gasteiger partial charge in [0.2, 0.25) is 0 Å². The highest BCUT2D eigenvalue weighted by Crippen LogP contribution is 2.39. The Morgan fingerprint density at radius 2 is 2.39 bits per heavy atom. The molecule has 1 unspecified atom stereocenters. The molecular formula is C11H19N3O2S2. The fraction of sp³-hybridized carbons (Fsp3) is 0.727. The monoisotopic (exact) mass is 289 g/mol. The molecule has 1 fully saturated rings. The minimum atomic E-state index is -0.278. The Balaban J connectivity index is 2.26. The van der Waals surface area contributed by atoms with E-state index in [1.807, 2.05) is 20.1 Å². The number of aromatic nitrogens is 1. The van der Waals surface area contributed by atoms with Gasteiger partial charge in [0.15, 0.2) is 5.82 Å². The number of nitrogen functional groups attached to an aromatic ring is 1. The Kier molecular flexibility index (Phi) is 4.05. The second kappa shape index (κ2) is 5.24. The van der Waals surface area contributed by atoms with Crippen LogP contribution in [0.25, 0.3) is 0 Å². The molecule has 1 aromatic rings. The van der Waals surface area contributed by atoms with Crippen molar-refractivity contribution in [1.82, 2.24) is 4.37 Å². The van der Waals surface area contributed by atoms with Crippen LogP contribution in [-0.4, -0.2) is 47.1 Å². The topological polar surface area (TPSA) is 71.6 Å². The number of hydrogen-bond acceptors (Lipinski definition) is 7. The summed E-state index contributed by atoms with van der Waals surface area (Å²) >= 11 is 3.02. The van der Waals surface area contributed by atoms with Gasteiger partial charge in [0, 0.05) is 13.1 Å². The zero-order valence-corrected chi connectivity index (χ0v) is 12.5. The fourth-order valence-electron chi connectivity index (χ4n) is 2.22. The van der Waals surface area contributed by atoms with E-state index in [-0.39, 0.29) is 18.3 Å². The summed E-state index contributed by atoms with van der Waals surface area (Å²) in [7, 11) is 0. The summed E-state index contributed by atoms with van der Waals surface area (Å²) in [6.45, 7) is 5.55. The van der Waals surface area contributed by atoms with Crippen molar-refractivity contribution in [3.8, 4) is 0 Å². The molecule has 0 spiro atoms. The smallest absolute Gasteiger partial charge is 0.153 e. The number of thioether (sulfide) groups is 1. The number of aliphatic hydroxyl groups is 1. The summed E-state index contributed by atoms with van der Waals surface area (Å²) in [4.78, 5) is 3.24. The quantitative estimate of drug-likeness (QED) is 0.820. The normalized spacial score (nSPS) is 23.3. The molecule has 0 amide bonds. The molecule has 0 aromatic carbocycles. The van der Waals surface area contributed by atoms with Gasteiger partial charge in [-0.2, -0.15) is 4.37 Å². The molecule has 102 valence electrons. The Morgan fingerprint density at radius 1 is 1.67 bits per heavy atom. The fourth-order valence-corrected chi connectivity index (χ4v) is 3.92. The van der Waals surface area contributed by atoms with Crippen LogP contribution in [-0.2, 0) is 4.74 Å². The molecule has 1 atom stereocenters. The van der Waals surface area contributed by atoms with Crippen LogP contribution in [0.5, 0.6) is 0 Å². The first-order valence-electron chi connectivity index (χ1n) is 5.79. The molecule has 2 heterocycles. The van der Waals surface area contributed by atoms with Crippen molar-refractivity contribution < 1.29 is 9.84 Å². The third-order valence-electron chi connectivity index (χ3n) is 2.83. The summed E-state index contributed by atoms with van der Waals surface area (Å²) < 4.78 is 10.0. The van der Waals surface area contributed by atoms with E-state index in [0.29, 0.717) is 12.4 Å². The average molecular weight is 289 g/mol. The number of morpholine rings is 1. The van der Waals surface area contributed by atoms with E-state index in [1.165, 1.54) is 11.5 Å². The van der Waals surface area contributed by atoms with Crippen LogP contribution in [0.15, 0.2) is 4.90 Å². The third kappa shape index (κ3) is 2.74. The molecule has 1 aliphatic rings. The lowest BCUT2D eigenvalue weighted by molar-refractivity contribution is -0.100. The van der Waals surface area contributed by atoms with Crippen LogP contribution in [0.4, 0.5) is 10.8 Å². The predicted octanol–water partition coefficient (Wildman–Crippen LogP) is 1.42. The zero-order valence-electron chi connectivity index (χ0n) is 10.8. The van der Waals surface area contributed by atoms with E-state index < -0.39 is 0 Å². The third-order valence-corrected chi connectivity index (χ3v) is 4.70. The van der Waals surface area contributed by atoms with Crippen molar-refractivity contribution in [3.05, 3.63) is 0 Å². The van der Waals surface area contributed by atoms with Gasteiger partial charge in [0.25, 0.3) is 0 Å². The number of ether oxygens (including phenoxy) is 1. The van der Waals surface area contributed by atoms with Gasteiger partial charge in [0.1, 0.15) is 5.00 Å². The largest absolute Gasteiger partial charge is 0.394 e. The highest BCUT2D eigenvalue weighted by Gasteiger charge is 2.35. The SMILES string of the molecule is CSc1c(N)nsc1N1CC(CO)OC(C)(C)C1. The van der Waals surface area contributed by atoms with Crippen LogP contribution in [0, 0.1) is 0 Å². The van der Waals surface area contributed by atoms with Gasteiger partial charge >= 0.3 is 0 Å². The molecular weight excluding hydrogens is 270 g/mol. The van der Waals surface area contributed by atoms with Gasteiger partial charge in [-0.15, -0.1) is 11.8 Å². The van der Waals surface area contributed by atoms with Crippen molar-refractivity contribution >= 4 is 34.1 Å². The number of nitrogens with zero attached hydrogens (tertiary/aromatic N) is 2. The van der Waals surface area contributed by atoms with Crippen LogP contribution in [0.3, 0.4) is 0 Å². The van der Waals surface area contributed by atoms with Crippen molar-refractivity contribution in [2.24, 2.45) is 0 Å². The number of rotatable bonds is 3. The first-order valence-corrected chi connectivity index (χ1v) is 7.79. The predicted molar refractivity (Wildman–Crippen MR) is 76.6 cm³/mol. The van der Waals surface area contributed by atoms with E-state index in [2.05, 4.69) is 9.27 Å². The minimum absolute atomic E-state index is 0.0306. The summed E-state index contributed by atoms with van der Waals surface area (Å²) in [5, 5.41) is 10.4. The van der Waals surface area contributed by atoms with Gasteiger partial charge < -0.3 is 20.5 Å². The summed E-state index contributed by atoms with van der Waals surface area (Å²) in [5.74, 6) is 0.590. The van der Waals surface area contributed by atoms with Crippen molar-refractivity contribution in [2.45, 2.75) is 30.4 Å². The van der Waals surface area contributed by atoms with Crippen molar-refractivity contribution in [2.75, 3.05) is 36.6 Å². The summed E-state index contributed by atoms with van der Waals surface area (Å²) in [6.07, 6.45) is 1.84. The molecule has 2 rings (SSSR count). The zero-order chi connectivity index (χ0) is 13.3. The second-order valence-corrected chi connectivity index (χ2v) is 6.54. The number of hydrogen-bond donors (Lipinski definition) is 2. The van der Waals surface area contributed by atoms with Crippen LogP contribution in [0.1, 0.15) is 13.8 Å². The molecule has 3 N–H and O–H groups in total. The Bertz CT molecular complexity index is 422. The Hall–Kier alpha value is -0.500. The van der Waals surface area contributed by atoms with E-state index in [9.17, 15) is 5.11 Å². The maximum Gasteiger partial charge on any atom is 0.153 e. The number of aliphatic hydroxyl groups excluding tert-OH is 1. The Morgan fingerprint density at radius 3 is 3.00 bits per heavy atom. The van der Waals surface area contributed by atoms with Gasteiger partial charge in [-0.3, -0.25) is 0 Å². The van der Waals surface area contributed by atoms with E-state index in [4.69, 9.17) is 10.5 Å². The lowest BCUT2D eigenvalue weighted by atomic mass is 10.1. The number of anilines is 2. The molecule has 1 aromatic heterocycles. The molecule has 7 heteroatoms. The molecule has 5 nitrogen and oxygen atoms in total. The molecule has 0 radical (unpaired) electrons. The molecule has 1 aliphatic heterocycles. The van der Waals surface area contributed by atoms with Gasteiger partial charge in [-0.1, -0.05) is 0 Å². The highest BCUT2D eigenvalue weighted by molar-refractivity contribution is 7.99. The first-order chi connectivity index (χ1) is 8.46. The lowest BCUT2D eigenvalue weighted by Crippen LogP contribution is -2.53. The molecule has 0 bridgehead atoms. The Labute approximate surface area is 115 Å². The first kappa shape index (κ1) is 13.9. The highest BCUT2D eigenvalue weighted by atomic mass is 32.2. The average Bonchev–Trinajstić information content (AvgIpc) is 2.68. The molecule has 1 saturated heterocycles. The van der Waals surface area contributed by atoms with Crippen LogP contribution >= 0.6 is 23.3 Å². The van der Waals surface area contributed by atoms with E-state index in [0.717, 1.165) is 16.4 Å². The van der Waals surface area contributed by atoms with E-state index >= 15 is 0 Å². The maximum absolute atomic E-state index is 9.33. The second-order valence-electron chi connectivity index (χ2n) is 4.97. The summed E-state index contributed by atoms with van der Waals surface area (Å²) in [6, 6.07) is 0. The van der Waals surface area contributed by atoms with Crippen LogP contribution in [0.2, 0.25) is 0 Å². The minimum Gasteiger partial charge on any atom is -0.394 e. The van der Waals surface area contributed by atoms with Gasteiger partial charge in [-0.05, 0) is 31.6 Å². The van der Waals surface area contributed by atoms with E-state index in [1.54, 1.807) is 11.8 Å². The van der Waals surface area contributed by atoms with Gasteiger partial charge in [-0.25, -0.2) is 0 Å². The van der Waals surface area contributed by atoms with Crippen molar-refractivity contribution in [1.29, 1.82) is 0 Å². The maximum atomic E-state index is 9.33. The standard InChI is InChI=1S/C11H19N3O2S2/c1-11(2)6-14(4-7(5-15)16-11)10-8(17-3)9(12)13-18-10/h7,15H,4-6H2,1-3H3,(H2,12,13). The summed E-state index contributed by atoms with van der Waals surface area (Å²) in [5.41, 5.74) is 5.59. The molecule has 18 heavy (non-hydrogen) atoms.